The summed E-state index contributed by atoms with van der Waals surface area (Å²) in [6.07, 6.45) is 4.73. The van der Waals surface area contributed by atoms with Crippen molar-refractivity contribution in [2.75, 3.05) is 13.3 Å². The average molecular weight is 297 g/mol. The van der Waals surface area contributed by atoms with Crippen LogP contribution >= 0.6 is 0 Å². The molecule has 0 amide bonds. The average Bonchev–Trinajstić information content (AvgIpc) is 2.97. The van der Waals surface area contributed by atoms with Crippen molar-refractivity contribution in [1.82, 2.24) is 4.90 Å². The zero-order valence-electron chi connectivity index (χ0n) is 11.9. The van der Waals surface area contributed by atoms with Crippen LogP contribution in [0.4, 0.5) is 0 Å². The molecule has 4 bridgehead atoms. The van der Waals surface area contributed by atoms with Gasteiger partial charge in [-0.25, -0.2) is 0 Å². The van der Waals surface area contributed by atoms with Gasteiger partial charge in [0.25, 0.3) is 0 Å². The number of piperidine rings is 1. The Morgan fingerprint density at radius 3 is 3.18 bits per heavy atom. The van der Waals surface area contributed by atoms with E-state index in [0.717, 1.165) is 24.9 Å². The second-order valence-electron chi connectivity index (χ2n) is 7.00. The number of carbonyl (C=O) groups excluding carboxylic acids is 1. The molecule has 1 N–H and O–H groups in total. The summed E-state index contributed by atoms with van der Waals surface area (Å²) < 4.78 is 12.3. The van der Waals surface area contributed by atoms with Gasteiger partial charge in [0.1, 0.15) is 12.3 Å². The number of rotatable bonds is 0. The molecule has 1 aromatic carbocycles. The summed E-state index contributed by atoms with van der Waals surface area (Å²) in [5, 5.41) is 10.3. The minimum Gasteiger partial charge on any atom is -0.504 e. The molecule has 0 radical (unpaired) electrons. The molecule has 2 saturated heterocycles. The first-order valence-electron chi connectivity index (χ1n) is 7.80. The molecule has 2 spiro atoms. The van der Waals surface area contributed by atoms with Crippen LogP contribution in [-0.2, 0) is 21.4 Å². The molecule has 112 valence electrons. The highest BCUT2D eigenvalue weighted by Crippen LogP contribution is 2.66. The number of ketones is 1. The second kappa shape index (κ2) is 3.24. The molecule has 6 rings (SSSR count). The van der Waals surface area contributed by atoms with Crippen molar-refractivity contribution in [1.29, 1.82) is 0 Å². The van der Waals surface area contributed by atoms with Crippen molar-refractivity contribution in [3.05, 3.63) is 35.4 Å². The number of ether oxygens (including phenoxy) is 2. The summed E-state index contributed by atoms with van der Waals surface area (Å²) in [4.78, 5) is 14.9. The molecule has 3 heterocycles. The van der Waals surface area contributed by atoms with E-state index in [9.17, 15) is 9.90 Å². The van der Waals surface area contributed by atoms with Crippen molar-refractivity contribution in [3.63, 3.8) is 0 Å². The van der Waals surface area contributed by atoms with Gasteiger partial charge in [-0.15, -0.1) is 0 Å². The largest absolute Gasteiger partial charge is 0.504 e. The number of hydrogen-bond donors (Lipinski definition) is 1. The van der Waals surface area contributed by atoms with E-state index in [1.165, 1.54) is 5.56 Å². The number of benzene rings is 1. The Morgan fingerprint density at radius 2 is 2.27 bits per heavy atom. The number of phenols is 1. The van der Waals surface area contributed by atoms with Crippen LogP contribution in [0.25, 0.3) is 0 Å². The minimum absolute atomic E-state index is 0.0169. The molecule has 1 aromatic rings. The maximum atomic E-state index is 12.5. The van der Waals surface area contributed by atoms with Crippen molar-refractivity contribution in [3.8, 4) is 11.5 Å². The van der Waals surface area contributed by atoms with E-state index >= 15 is 0 Å². The Morgan fingerprint density at radius 1 is 1.36 bits per heavy atom. The van der Waals surface area contributed by atoms with Gasteiger partial charge in [-0.2, -0.15) is 0 Å². The predicted octanol–water partition coefficient (Wildman–Crippen LogP) is 0.887. The highest BCUT2D eigenvalue weighted by molar-refractivity contribution is 5.99. The Balaban J connectivity index is 1.78. The topological polar surface area (TPSA) is 59.0 Å². The van der Waals surface area contributed by atoms with Gasteiger partial charge in [-0.1, -0.05) is 6.07 Å². The Kier molecular flexibility index (Phi) is 1.72. The first-order valence-corrected chi connectivity index (χ1v) is 7.80. The van der Waals surface area contributed by atoms with Crippen LogP contribution in [0.5, 0.6) is 11.5 Å². The van der Waals surface area contributed by atoms with Gasteiger partial charge < -0.3 is 14.6 Å². The smallest absolute Gasteiger partial charge is 0.196 e. The fourth-order valence-electron chi connectivity index (χ4n) is 5.60. The first kappa shape index (κ1) is 11.7. The lowest BCUT2D eigenvalue weighted by Crippen LogP contribution is -2.71. The summed E-state index contributed by atoms with van der Waals surface area (Å²) >= 11 is 0. The Bertz CT molecular complexity index is 787. The Labute approximate surface area is 127 Å². The van der Waals surface area contributed by atoms with Crippen LogP contribution < -0.4 is 4.74 Å². The zero-order chi connectivity index (χ0) is 14.7. The van der Waals surface area contributed by atoms with E-state index in [4.69, 9.17) is 9.47 Å². The molecule has 5 atom stereocenters. The molecule has 0 aromatic heterocycles. The molecule has 5 aliphatic rings. The molecule has 3 aliphatic heterocycles. The van der Waals surface area contributed by atoms with Crippen molar-refractivity contribution in [2.24, 2.45) is 0 Å². The van der Waals surface area contributed by atoms with E-state index < -0.39 is 17.1 Å². The second-order valence-corrected chi connectivity index (χ2v) is 7.00. The predicted molar refractivity (Wildman–Crippen MR) is 75.8 cm³/mol. The van der Waals surface area contributed by atoms with Gasteiger partial charge in [0.05, 0.1) is 5.41 Å². The SMILES string of the molecule is O=C1C=CC23OCN4CC[C@@]25c2c(ccc(O)c2O[C@@H]15)C[C@@H]43. The van der Waals surface area contributed by atoms with Crippen LogP contribution in [0.15, 0.2) is 24.3 Å². The molecule has 0 saturated carbocycles. The molecule has 5 heteroatoms. The summed E-state index contributed by atoms with van der Waals surface area (Å²) in [7, 11) is 0. The van der Waals surface area contributed by atoms with Crippen molar-refractivity contribution in [2.45, 2.75) is 36.0 Å². The molecular weight excluding hydrogens is 282 g/mol. The number of aromatic hydroxyl groups is 1. The van der Waals surface area contributed by atoms with Gasteiger partial charge in [-0.05, 0) is 36.6 Å². The standard InChI is InChI=1S/C17H15NO4/c19-10-2-1-9-7-12-17-4-3-11(20)15-16(17,13(9)14(10)22-15)5-6-18(12)8-21-17/h1-4,12,15,19H,5-8H2/t12-,15+,16+,17?/m1/s1. The van der Waals surface area contributed by atoms with Gasteiger partial charge in [0.15, 0.2) is 23.4 Å². The summed E-state index contributed by atoms with van der Waals surface area (Å²) in [5.74, 6) is 0.613. The van der Waals surface area contributed by atoms with E-state index in [1.807, 2.05) is 12.1 Å². The number of phenolic OH excluding ortho intramolecular Hbond substituents is 1. The fourth-order valence-corrected chi connectivity index (χ4v) is 5.60. The highest BCUT2D eigenvalue weighted by atomic mass is 16.5. The molecule has 2 fully saturated rings. The quantitative estimate of drug-likeness (QED) is 0.770. The van der Waals surface area contributed by atoms with Crippen LogP contribution in [0, 0.1) is 0 Å². The summed E-state index contributed by atoms with van der Waals surface area (Å²) in [6, 6.07) is 3.92. The number of carbonyl (C=O) groups is 1. The van der Waals surface area contributed by atoms with Gasteiger partial charge in [0.2, 0.25) is 0 Å². The first-order chi connectivity index (χ1) is 10.7. The summed E-state index contributed by atoms with van der Waals surface area (Å²) in [5.41, 5.74) is 1.25. The monoisotopic (exact) mass is 297 g/mol. The molecule has 2 aliphatic carbocycles. The zero-order valence-corrected chi connectivity index (χ0v) is 11.9. The molecule has 5 nitrogen and oxygen atoms in total. The van der Waals surface area contributed by atoms with Crippen LogP contribution in [0.1, 0.15) is 17.5 Å². The molecular formula is C17H15NO4. The van der Waals surface area contributed by atoms with Crippen LogP contribution in [-0.4, -0.2) is 46.8 Å². The third-order valence-corrected chi connectivity index (χ3v) is 6.42. The highest BCUT2D eigenvalue weighted by Gasteiger charge is 2.75. The Hall–Kier alpha value is -1.85. The van der Waals surface area contributed by atoms with Gasteiger partial charge in [-0.3, -0.25) is 9.69 Å². The lowest BCUT2D eigenvalue weighted by molar-refractivity contribution is -0.135. The molecule has 2 unspecified atom stereocenters. The minimum atomic E-state index is -0.567. The maximum absolute atomic E-state index is 12.5. The lowest BCUT2D eigenvalue weighted by Gasteiger charge is -2.57. The van der Waals surface area contributed by atoms with E-state index in [2.05, 4.69) is 4.90 Å². The van der Waals surface area contributed by atoms with E-state index in [0.29, 0.717) is 12.5 Å². The maximum Gasteiger partial charge on any atom is 0.196 e. The molecule has 22 heavy (non-hydrogen) atoms. The third kappa shape index (κ3) is 0.921. The number of nitrogens with zero attached hydrogens (tertiary/aromatic N) is 1. The van der Waals surface area contributed by atoms with Gasteiger partial charge in [0, 0.05) is 18.2 Å². The van der Waals surface area contributed by atoms with Crippen molar-refractivity contribution >= 4 is 5.78 Å². The van der Waals surface area contributed by atoms with Crippen molar-refractivity contribution < 1.29 is 19.4 Å². The summed E-state index contributed by atoms with van der Waals surface area (Å²) in [6.45, 7) is 1.51. The normalized spacial score (nSPS) is 45.6. The number of hydrogen-bond acceptors (Lipinski definition) is 5. The van der Waals surface area contributed by atoms with Crippen LogP contribution in [0.2, 0.25) is 0 Å². The van der Waals surface area contributed by atoms with E-state index in [-0.39, 0.29) is 17.6 Å². The van der Waals surface area contributed by atoms with Gasteiger partial charge >= 0.3 is 0 Å². The lowest BCUT2D eigenvalue weighted by atomic mass is 9.51. The fraction of sp³-hybridized carbons (Fsp3) is 0.471. The van der Waals surface area contributed by atoms with E-state index in [1.54, 1.807) is 12.1 Å². The van der Waals surface area contributed by atoms with Crippen LogP contribution in [0.3, 0.4) is 0 Å². The third-order valence-electron chi connectivity index (χ3n) is 6.42.